The van der Waals surface area contributed by atoms with Crippen LogP contribution in [0.15, 0.2) is 12.1 Å². The van der Waals surface area contributed by atoms with Crippen molar-refractivity contribution < 1.29 is 4.74 Å². The molecule has 0 aromatic carbocycles. The van der Waals surface area contributed by atoms with Gasteiger partial charge in [0, 0.05) is 17.4 Å². The maximum absolute atomic E-state index is 5.52. The average Bonchev–Trinajstić information content (AvgIpc) is 2.83. The van der Waals surface area contributed by atoms with Crippen molar-refractivity contribution in [3.05, 3.63) is 16.9 Å². The highest BCUT2D eigenvalue weighted by Gasteiger charge is 2.32. The number of hydrogen-bond acceptors (Lipinski definition) is 4. The molecular weight excluding hydrogens is 302 g/mol. The number of methoxy groups -OCH3 is 1. The van der Waals surface area contributed by atoms with Gasteiger partial charge in [-0.1, -0.05) is 19.3 Å². The molecule has 1 aliphatic rings. The summed E-state index contributed by atoms with van der Waals surface area (Å²) >= 11 is 7.49. The van der Waals surface area contributed by atoms with Crippen molar-refractivity contribution in [2.45, 2.75) is 43.4 Å². The van der Waals surface area contributed by atoms with Crippen LogP contribution in [0, 0.1) is 4.77 Å². The SMILES string of the molecule is COc1ccc2[nH]c(=S)n(CC3(SC)CCCCC3)c2n1. The van der Waals surface area contributed by atoms with E-state index in [1.807, 2.05) is 23.9 Å². The number of thioether (sulfide) groups is 1. The van der Waals surface area contributed by atoms with Crippen LogP contribution in [0.1, 0.15) is 32.1 Å². The molecule has 0 spiro atoms. The van der Waals surface area contributed by atoms with E-state index >= 15 is 0 Å². The number of hydrogen-bond donors (Lipinski definition) is 1. The number of fused-ring (bicyclic) bond motifs is 1. The summed E-state index contributed by atoms with van der Waals surface area (Å²) in [5.41, 5.74) is 1.88. The van der Waals surface area contributed by atoms with Gasteiger partial charge < -0.3 is 9.72 Å². The lowest BCUT2D eigenvalue weighted by atomic mass is 9.88. The number of aromatic amines is 1. The zero-order valence-corrected chi connectivity index (χ0v) is 14.1. The van der Waals surface area contributed by atoms with Crippen molar-refractivity contribution in [1.82, 2.24) is 14.5 Å². The van der Waals surface area contributed by atoms with E-state index in [1.165, 1.54) is 32.1 Å². The van der Waals surface area contributed by atoms with Crippen LogP contribution in [-0.4, -0.2) is 32.6 Å². The summed E-state index contributed by atoms with van der Waals surface area (Å²) in [6, 6.07) is 3.85. The maximum Gasteiger partial charge on any atom is 0.215 e. The van der Waals surface area contributed by atoms with Crippen LogP contribution in [0.3, 0.4) is 0 Å². The Morgan fingerprint density at radius 3 is 2.81 bits per heavy atom. The van der Waals surface area contributed by atoms with Gasteiger partial charge >= 0.3 is 0 Å². The molecule has 6 heteroatoms. The Balaban J connectivity index is 2.02. The third kappa shape index (κ3) is 2.83. The molecule has 0 radical (unpaired) electrons. The summed E-state index contributed by atoms with van der Waals surface area (Å²) in [6.07, 6.45) is 8.71. The smallest absolute Gasteiger partial charge is 0.215 e. The summed E-state index contributed by atoms with van der Waals surface area (Å²) in [4.78, 5) is 7.84. The Morgan fingerprint density at radius 1 is 1.38 bits per heavy atom. The van der Waals surface area contributed by atoms with Crippen molar-refractivity contribution >= 4 is 35.1 Å². The van der Waals surface area contributed by atoms with E-state index in [0.29, 0.717) is 5.88 Å². The number of H-pyrrole nitrogens is 1. The van der Waals surface area contributed by atoms with Crippen molar-refractivity contribution in [3.8, 4) is 5.88 Å². The van der Waals surface area contributed by atoms with Crippen LogP contribution >= 0.6 is 24.0 Å². The van der Waals surface area contributed by atoms with Crippen LogP contribution in [-0.2, 0) is 6.54 Å². The molecule has 0 aliphatic heterocycles. The molecular formula is C15H21N3OS2. The monoisotopic (exact) mass is 323 g/mol. The molecule has 3 rings (SSSR count). The number of pyridine rings is 1. The number of ether oxygens (including phenoxy) is 1. The van der Waals surface area contributed by atoms with E-state index < -0.39 is 0 Å². The minimum absolute atomic E-state index is 0.288. The van der Waals surface area contributed by atoms with Gasteiger partial charge in [0.1, 0.15) is 0 Å². The van der Waals surface area contributed by atoms with Gasteiger partial charge in [0.05, 0.1) is 12.6 Å². The van der Waals surface area contributed by atoms with Crippen molar-refractivity contribution in [2.75, 3.05) is 13.4 Å². The van der Waals surface area contributed by atoms with Crippen molar-refractivity contribution in [3.63, 3.8) is 0 Å². The zero-order chi connectivity index (χ0) is 14.9. The predicted octanol–water partition coefficient (Wildman–Crippen LogP) is 4.17. The first-order valence-electron chi connectivity index (χ1n) is 7.36. The molecule has 1 aliphatic carbocycles. The fourth-order valence-electron chi connectivity index (χ4n) is 3.18. The predicted molar refractivity (Wildman–Crippen MR) is 90.8 cm³/mol. The van der Waals surface area contributed by atoms with Gasteiger partial charge in [-0.3, -0.25) is 4.57 Å². The third-order valence-electron chi connectivity index (χ3n) is 4.45. The van der Waals surface area contributed by atoms with Gasteiger partial charge in [0.2, 0.25) is 5.88 Å². The number of nitrogens with zero attached hydrogens (tertiary/aromatic N) is 2. The highest BCUT2D eigenvalue weighted by Crippen LogP contribution is 2.40. The number of nitrogens with one attached hydrogen (secondary N) is 1. The molecule has 114 valence electrons. The molecule has 2 aromatic rings. The van der Waals surface area contributed by atoms with E-state index in [2.05, 4.69) is 20.8 Å². The first-order chi connectivity index (χ1) is 10.2. The fourth-order valence-corrected chi connectivity index (χ4v) is 4.40. The highest BCUT2D eigenvalue weighted by atomic mass is 32.2. The summed E-state index contributed by atoms with van der Waals surface area (Å²) in [7, 11) is 1.64. The average molecular weight is 323 g/mol. The van der Waals surface area contributed by atoms with E-state index in [1.54, 1.807) is 7.11 Å². The Labute approximate surface area is 134 Å². The van der Waals surface area contributed by atoms with Gasteiger partial charge in [0.25, 0.3) is 0 Å². The van der Waals surface area contributed by atoms with Gasteiger partial charge in [-0.05, 0) is 37.4 Å². The van der Waals surface area contributed by atoms with E-state index in [-0.39, 0.29) is 4.75 Å². The topological polar surface area (TPSA) is 42.8 Å². The van der Waals surface area contributed by atoms with Crippen LogP contribution < -0.4 is 4.74 Å². The van der Waals surface area contributed by atoms with Crippen LogP contribution in [0.5, 0.6) is 5.88 Å². The standard InChI is InChI=1S/C15H21N3OS2/c1-19-12-7-6-11-13(17-12)18(14(20)16-11)10-15(21-2)8-4-3-5-9-15/h6-7H,3-5,8-10H2,1-2H3,(H,16,20). The molecule has 1 N–H and O–H groups in total. The van der Waals surface area contributed by atoms with Crippen LogP contribution in [0.4, 0.5) is 0 Å². The normalized spacial score (nSPS) is 18.0. The summed E-state index contributed by atoms with van der Waals surface area (Å²) in [5, 5.41) is 0. The maximum atomic E-state index is 5.52. The van der Waals surface area contributed by atoms with Crippen molar-refractivity contribution in [1.29, 1.82) is 0 Å². The first kappa shape index (κ1) is 14.9. The molecule has 1 saturated carbocycles. The minimum Gasteiger partial charge on any atom is -0.481 e. The van der Waals surface area contributed by atoms with Crippen LogP contribution in [0.25, 0.3) is 11.2 Å². The first-order valence-corrected chi connectivity index (χ1v) is 8.99. The van der Waals surface area contributed by atoms with Crippen molar-refractivity contribution in [2.24, 2.45) is 0 Å². The van der Waals surface area contributed by atoms with Gasteiger partial charge in [-0.15, -0.1) is 0 Å². The lowest BCUT2D eigenvalue weighted by Gasteiger charge is -2.36. The second-order valence-electron chi connectivity index (χ2n) is 5.69. The lowest BCUT2D eigenvalue weighted by Crippen LogP contribution is -2.33. The van der Waals surface area contributed by atoms with Crippen LogP contribution in [0.2, 0.25) is 0 Å². The molecule has 0 saturated heterocycles. The Morgan fingerprint density at radius 2 is 2.14 bits per heavy atom. The lowest BCUT2D eigenvalue weighted by molar-refractivity contribution is 0.359. The van der Waals surface area contributed by atoms with E-state index in [0.717, 1.165) is 22.5 Å². The van der Waals surface area contributed by atoms with E-state index in [4.69, 9.17) is 17.0 Å². The Kier molecular flexibility index (Phi) is 4.26. The fraction of sp³-hybridized carbons (Fsp3) is 0.600. The van der Waals surface area contributed by atoms with E-state index in [9.17, 15) is 0 Å². The zero-order valence-electron chi connectivity index (χ0n) is 12.5. The Hall–Kier alpha value is -1.01. The number of rotatable bonds is 4. The highest BCUT2D eigenvalue weighted by molar-refractivity contribution is 8.00. The number of imidazole rings is 1. The molecule has 1 fully saturated rings. The molecule has 0 amide bonds. The second kappa shape index (κ2) is 6.01. The molecule has 21 heavy (non-hydrogen) atoms. The number of aromatic nitrogens is 3. The molecule has 4 nitrogen and oxygen atoms in total. The summed E-state index contributed by atoms with van der Waals surface area (Å²) in [5.74, 6) is 0.632. The molecule has 0 unspecified atom stereocenters. The second-order valence-corrected chi connectivity index (χ2v) is 7.35. The Bertz CT molecular complexity index is 686. The third-order valence-corrected chi connectivity index (χ3v) is 6.17. The largest absolute Gasteiger partial charge is 0.481 e. The van der Waals surface area contributed by atoms with Gasteiger partial charge in [-0.2, -0.15) is 16.7 Å². The minimum atomic E-state index is 0.288. The quantitative estimate of drug-likeness (QED) is 0.858. The molecule has 0 bridgehead atoms. The molecule has 2 aromatic heterocycles. The molecule has 2 heterocycles. The van der Waals surface area contributed by atoms with Gasteiger partial charge in [0.15, 0.2) is 10.4 Å². The molecule has 0 atom stereocenters. The summed E-state index contributed by atoms with van der Waals surface area (Å²) < 4.78 is 8.44. The summed E-state index contributed by atoms with van der Waals surface area (Å²) in [6.45, 7) is 0.924. The van der Waals surface area contributed by atoms with Gasteiger partial charge in [-0.25, -0.2) is 0 Å².